The van der Waals surface area contributed by atoms with Crippen molar-refractivity contribution in [2.75, 3.05) is 12.8 Å². The molecule has 0 aromatic heterocycles. The number of methoxy groups -OCH3 is 1. The number of aryl methyl sites for hydroxylation is 1. The van der Waals surface area contributed by atoms with Crippen molar-refractivity contribution in [3.8, 4) is 0 Å². The van der Waals surface area contributed by atoms with Crippen LogP contribution in [0.15, 0.2) is 23.1 Å². The molecule has 1 saturated carbocycles. The molecule has 1 fully saturated rings. The minimum atomic E-state index is -0.140. The molecule has 1 unspecified atom stereocenters. The Morgan fingerprint density at radius 2 is 2.24 bits per heavy atom. The molecular weight excluding hydrogens is 234 g/mol. The van der Waals surface area contributed by atoms with E-state index in [-0.39, 0.29) is 11.2 Å². The maximum Gasteiger partial charge on any atom is 0.319 e. The molecule has 0 heterocycles. The quantitative estimate of drug-likeness (QED) is 0.508. The van der Waals surface area contributed by atoms with Gasteiger partial charge in [-0.15, -0.1) is 11.8 Å². The van der Waals surface area contributed by atoms with Crippen LogP contribution in [0.1, 0.15) is 18.4 Å². The molecule has 1 aromatic rings. The van der Waals surface area contributed by atoms with E-state index >= 15 is 0 Å². The van der Waals surface area contributed by atoms with Crippen LogP contribution in [0.2, 0.25) is 0 Å². The van der Waals surface area contributed by atoms with E-state index in [1.165, 1.54) is 18.9 Å². The number of nitrogens with two attached hydrogens (primary N) is 1. The summed E-state index contributed by atoms with van der Waals surface area (Å²) in [6.45, 7) is 2.02. The summed E-state index contributed by atoms with van der Waals surface area (Å²) in [7, 11) is 1.44. The molecule has 17 heavy (non-hydrogen) atoms. The number of benzene rings is 1. The highest BCUT2D eigenvalue weighted by Crippen LogP contribution is 2.43. The molecule has 3 nitrogen and oxygen atoms in total. The number of esters is 1. The number of hydrogen-bond donors (Lipinski definition) is 1. The maximum absolute atomic E-state index is 11.7. The van der Waals surface area contributed by atoms with Gasteiger partial charge in [-0.3, -0.25) is 4.79 Å². The van der Waals surface area contributed by atoms with Gasteiger partial charge in [0.1, 0.15) is 5.25 Å². The van der Waals surface area contributed by atoms with Crippen molar-refractivity contribution < 1.29 is 9.53 Å². The van der Waals surface area contributed by atoms with Gasteiger partial charge in [0.25, 0.3) is 0 Å². The monoisotopic (exact) mass is 251 g/mol. The number of carbonyl (C=O) groups excluding carboxylic acids is 1. The van der Waals surface area contributed by atoms with Crippen LogP contribution in [0.5, 0.6) is 0 Å². The molecule has 2 N–H and O–H groups in total. The lowest BCUT2D eigenvalue weighted by Crippen LogP contribution is -2.21. The van der Waals surface area contributed by atoms with Crippen LogP contribution in [0, 0.1) is 12.8 Å². The zero-order chi connectivity index (χ0) is 12.4. The van der Waals surface area contributed by atoms with E-state index in [4.69, 9.17) is 10.5 Å². The number of hydrogen-bond acceptors (Lipinski definition) is 4. The molecule has 1 aliphatic carbocycles. The minimum absolute atomic E-state index is 0.107. The third-order valence-electron chi connectivity index (χ3n) is 2.91. The highest BCUT2D eigenvalue weighted by Gasteiger charge is 2.38. The highest BCUT2D eigenvalue weighted by atomic mass is 32.2. The third-order valence-corrected chi connectivity index (χ3v) is 4.35. The number of anilines is 1. The maximum atomic E-state index is 11.7. The summed E-state index contributed by atoms with van der Waals surface area (Å²) in [4.78, 5) is 12.7. The Morgan fingerprint density at radius 1 is 1.53 bits per heavy atom. The molecule has 1 atom stereocenters. The molecular formula is C13H17NO2S. The fourth-order valence-corrected chi connectivity index (χ4v) is 3.12. The van der Waals surface area contributed by atoms with Crippen molar-refractivity contribution >= 4 is 23.4 Å². The van der Waals surface area contributed by atoms with Crippen LogP contribution >= 0.6 is 11.8 Å². The van der Waals surface area contributed by atoms with Crippen LogP contribution in [0.3, 0.4) is 0 Å². The Bertz CT molecular complexity index is 429. The van der Waals surface area contributed by atoms with Gasteiger partial charge in [-0.2, -0.15) is 0 Å². The predicted octanol–water partition coefficient (Wildman–Crippen LogP) is 2.62. The first-order valence-electron chi connectivity index (χ1n) is 5.72. The van der Waals surface area contributed by atoms with E-state index in [0.717, 1.165) is 29.0 Å². The van der Waals surface area contributed by atoms with E-state index in [1.54, 1.807) is 0 Å². The largest absolute Gasteiger partial charge is 0.468 e. The van der Waals surface area contributed by atoms with Crippen LogP contribution in [-0.2, 0) is 9.53 Å². The van der Waals surface area contributed by atoms with Crippen molar-refractivity contribution in [1.29, 1.82) is 0 Å². The fraction of sp³-hybridized carbons (Fsp3) is 0.462. The topological polar surface area (TPSA) is 52.3 Å². The molecule has 0 bridgehead atoms. The van der Waals surface area contributed by atoms with Crippen molar-refractivity contribution in [1.82, 2.24) is 0 Å². The van der Waals surface area contributed by atoms with Gasteiger partial charge in [0.05, 0.1) is 7.11 Å². The Morgan fingerprint density at radius 3 is 2.82 bits per heavy atom. The van der Waals surface area contributed by atoms with Gasteiger partial charge >= 0.3 is 5.97 Å². The van der Waals surface area contributed by atoms with Gasteiger partial charge in [-0.1, -0.05) is 6.07 Å². The number of carbonyl (C=O) groups is 1. The average molecular weight is 251 g/mol. The molecule has 2 rings (SSSR count). The van der Waals surface area contributed by atoms with Crippen molar-refractivity contribution in [2.45, 2.75) is 29.9 Å². The zero-order valence-corrected chi connectivity index (χ0v) is 10.9. The summed E-state index contributed by atoms with van der Waals surface area (Å²) in [6.07, 6.45) is 2.22. The first kappa shape index (κ1) is 12.3. The summed E-state index contributed by atoms with van der Waals surface area (Å²) in [5, 5.41) is -0.107. The van der Waals surface area contributed by atoms with Gasteiger partial charge in [-0.05, 0) is 43.4 Å². The van der Waals surface area contributed by atoms with Gasteiger partial charge in [0.15, 0.2) is 0 Å². The summed E-state index contributed by atoms with van der Waals surface area (Å²) >= 11 is 1.53. The SMILES string of the molecule is COC(=O)C(Sc1cc(C)ccc1N)C1CC1. The van der Waals surface area contributed by atoms with Crippen molar-refractivity contribution in [3.05, 3.63) is 23.8 Å². The standard InChI is InChI=1S/C13H17NO2S/c1-8-3-6-10(14)11(7-8)17-12(9-4-5-9)13(15)16-2/h3,6-7,9,12H,4-5,14H2,1-2H3. The molecule has 0 radical (unpaired) electrons. The van der Waals surface area contributed by atoms with Crippen molar-refractivity contribution in [2.24, 2.45) is 5.92 Å². The van der Waals surface area contributed by atoms with Gasteiger partial charge in [0, 0.05) is 10.6 Å². The second kappa shape index (κ2) is 5.00. The molecule has 92 valence electrons. The second-order valence-corrected chi connectivity index (χ2v) is 5.62. The van der Waals surface area contributed by atoms with Gasteiger partial charge in [-0.25, -0.2) is 0 Å². The van der Waals surface area contributed by atoms with Crippen LogP contribution < -0.4 is 5.73 Å². The molecule has 0 amide bonds. The lowest BCUT2D eigenvalue weighted by atomic mass is 10.2. The summed E-state index contributed by atoms with van der Waals surface area (Å²) in [5.41, 5.74) is 7.81. The smallest absolute Gasteiger partial charge is 0.319 e. The molecule has 0 saturated heterocycles. The lowest BCUT2D eigenvalue weighted by molar-refractivity contribution is -0.140. The lowest BCUT2D eigenvalue weighted by Gasteiger charge is -2.15. The zero-order valence-electron chi connectivity index (χ0n) is 10.1. The Hall–Kier alpha value is -1.16. The summed E-state index contributed by atoms with van der Waals surface area (Å²) in [5.74, 6) is 0.311. The average Bonchev–Trinajstić information content (AvgIpc) is 3.13. The molecule has 1 aromatic carbocycles. The first-order chi connectivity index (χ1) is 8.11. The van der Waals surface area contributed by atoms with E-state index in [2.05, 4.69) is 0 Å². The van der Waals surface area contributed by atoms with Crippen LogP contribution in [0.4, 0.5) is 5.69 Å². The van der Waals surface area contributed by atoms with Crippen molar-refractivity contribution in [3.63, 3.8) is 0 Å². The fourth-order valence-electron chi connectivity index (χ4n) is 1.73. The van der Waals surface area contributed by atoms with Crippen LogP contribution in [0.25, 0.3) is 0 Å². The predicted molar refractivity (Wildman–Crippen MR) is 70.0 cm³/mol. The van der Waals surface area contributed by atoms with Crippen LogP contribution in [-0.4, -0.2) is 18.3 Å². The van der Waals surface area contributed by atoms with Gasteiger partial charge in [0.2, 0.25) is 0 Å². The third kappa shape index (κ3) is 2.94. The summed E-state index contributed by atoms with van der Waals surface area (Å²) < 4.78 is 4.86. The van der Waals surface area contributed by atoms with E-state index in [0.29, 0.717) is 5.92 Å². The van der Waals surface area contributed by atoms with Gasteiger partial charge < -0.3 is 10.5 Å². The molecule has 4 heteroatoms. The molecule has 1 aliphatic rings. The number of ether oxygens (including phenoxy) is 1. The number of rotatable bonds is 4. The Kier molecular flexibility index (Phi) is 3.62. The number of thioether (sulfide) groups is 1. The van der Waals surface area contributed by atoms with E-state index in [9.17, 15) is 4.79 Å². The first-order valence-corrected chi connectivity index (χ1v) is 6.60. The molecule has 0 aliphatic heterocycles. The summed E-state index contributed by atoms with van der Waals surface area (Å²) in [6, 6.07) is 5.89. The van der Waals surface area contributed by atoms with E-state index < -0.39 is 0 Å². The number of nitrogen functional groups attached to an aromatic ring is 1. The Labute approximate surface area is 106 Å². The van der Waals surface area contributed by atoms with E-state index in [1.807, 2.05) is 25.1 Å². The highest BCUT2D eigenvalue weighted by molar-refractivity contribution is 8.00. The minimum Gasteiger partial charge on any atom is -0.468 e. The normalized spacial score (nSPS) is 16.6. The molecule has 0 spiro atoms. The second-order valence-electron chi connectivity index (χ2n) is 4.44. The Balaban J connectivity index is 2.16.